The predicted octanol–water partition coefficient (Wildman–Crippen LogP) is 0.759. The van der Waals surface area contributed by atoms with Gasteiger partial charge in [0, 0.05) is 18.0 Å². The molecule has 3 heteroatoms. The van der Waals surface area contributed by atoms with Crippen molar-refractivity contribution in [3.8, 4) is 0 Å². The van der Waals surface area contributed by atoms with Crippen LogP contribution in [0.5, 0.6) is 0 Å². The van der Waals surface area contributed by atoms with Crippen LogP contribution in [-0.2, 0) is 9.59 Å². The number of hydrogen-bond donors (Lipinski definition) is 1. The molecule has 0 aromatic heterocycles. The molecule has 12 heavy (non-hydrogen) atoms. The van der Waals surface area contributed by atoms with Crippen molar-refractivity contribution in [2.75, 3.05) is 0 Å². The Morgan fingerprint density at radius 1 is 1.42 bits per heavy atom. The molecule has 1 amide bonds. The number of Topliss-reactive ketones (excluding diaryl/α,β-unsaturated/α-hetero) is 1. The summed E-state index contributed by atoms with van der Waals surface area (Å²) in [4.78, 5) is 22.0. The highest BCUT2D eigenvalue weighted by atomic mass is 16.2. The SMILES string of the molecule is O=C1CC2CCCC=C2NC1=O. The maximum Gasteiger partial charge on any atom is 0.291 e. The first-order chi connectivity index (χ1) is 5.77. The third kappa shape index (κ3) is 1.15. The molecule has 64 valence electrons. The zero-order valence-corrected chi connectivity index (χ0v) is 6.80. The highest BCUT2D eigenvalue weighted by Crippen LogP contribution is 2.28. The summed E-state index contributed by atoms with van der Waals surface area (Å²) in [7, 11) is 0. The van der Waals surface area contributed by atoms with Gasteiger partial charge in [-0.2, -0.15) is 0 Å². The molecule has 1 N–H and O–H groups in total. The van der Waals surface area contributed by atoms with E-state index in [9.17, 15) is 9.59 Å². The number of allylic oxidation sites excluding steroid dienone is 2. The highest BCUT2D eigenvalue weighted by Gasteiger charge is 2.30. The molecule has 1 heterocycles. The standard InChI is InChI=1S/C9H11NO2/c11-8-5-6-3-1-2-4-7(6)10-9(8)12/h4,6H,1-3,5H2,(H,10,12). The van der Waals surface area contributed by atoms with E-state index in [1.807, 2.05) is 6.08 Å². The molecule has 1 aliphatic carbocycles. The van der Waals surface area contributed by atoms with E-state index in [2.05, 4.69) is 5.32 Å². The van der Waals surface area contributed by atoms with E-state index >= 15 is 0 Å². The summed E-state index contributed by atoms with van der Waals surface area (Å²) in [6.07, 6.45) is 5.66. The van der Waals surface area contributed by atoms with Gasteiger partial charge in [0.2, 0.25) is 5.78 Å². The Labute approximate surface area is 70.8 Å². The molecule has 1 aliphatic heterocycles. The van der Waals surface area contributed by atoms with Crippen molar-refractivity contribution in [1.82, 2.24) is 5.32 Å². The van der Waals surface area contributed by atoms with Crippen LogP contribution >= 0.6 is 0 Å². The summed E-state index contributed by atoms with van der Waals surface area (Å²) in [5, 5.41) is 2.64. The molecule has 2 aliphatic rings. The first-order valence-corrected chi connectivity index (χ1v) is 4.31. The van der Waals surface area contributed by atoms with Crippen LogP contribution in [-0.4, -0.2) is 11.7 Å². The van der Waals surface area contributed by atoms with Gasteiger partial charge >= 0.3 is 0 Å². The minimum absolute atomic E-state index is 0.265. The van der Waals surface area contributed by atoms with E-state index in [1.54, 1.807) is 0 Å². The lowest BCUT2D eigenvalue weighted by atomic mass is 9.85. The maximum absolute atomic E-state index is 11.0. The highest BCUT2D eigenvalue weighted by molar-refractivity contribution is 6.37. The van der Waals surface area contributed by atoms with Gasteiger partial charge in [-0.3, -0.25) is 9.59 Å². The molecule has 0 radical (unpaired) electrons. The molecule has 0 aromatic carbocycles. The van der Waals surface area contributed by atoms with Crippen molar-refractivity contribution >= 4 is 11.7 Å². The minimum atomic E-state index is -0.431. The number of rotatable bonds is 0. The summed E-state index contributed by atoms with van der Waals surface area (Å²) in [5.74, 6) is -0.401. The van der Waals surface area contributed by atoms with E-state index in [-0.39, 0.29) is 5.78 Å². The Kier molecular flexibility index (Phi) is 1.71. The zero-order chi connectivity index (χ0) is 8.55. The number of nitrogens with one attached hydrogen (secondary N) is 1. The first-order valence-electron chi connectivity index (χ1n) is 4.31. The third-order valence-corrected chi connectivity index (χ3v) is 2.50. The fraction of sp³-hybridized carbons (Fsp3) is 0.556. The third-order valence-electron chi connectivity index (χ3n) is 2.50. The molecule has 0 saturated carbocycles. The van der Waals surface area contributed by atoms with Gasteiger partial charge in [0.05, 0.1) is 0 Å². The lowest BCUT2D eigenvalue weighted by Gasteiger charge is -2.27. The quantitative estimate of drug-likeness (QED) is 0.538. The van der Waals surface area contributed by atoms with Crippen LogP contribution in [0.4, 0.5) is 0 Å². The Hall–Kier alpha value is -1.12. The number of fused-ring (bicyclic) bond motifs is 1. The summed E-state index contributed by atoms with van der Waals surface area (Å²) in [6.45, 7) is 0. The Bertz CT molecular complexity index is 268. The van der Waals surface area contributed by atoms with Crippen molar-refractivity contribution in [3.63, 3.8) is 0 Å². The Morgan fingerprint density at radius 2 is 2.25 bits per heavy atom. The fourth-order valence-electron chi connectivity index (χ4n) is 1.83. The molecule has 1 fully saturated rings. The smallest absolute Gasteiger partial charge is 0.291 e. The normalized spacial score (nSPS) is 29.0. The lowest BCUT2D eigenvalue weighted by molar-refractivity contribution is -0.139. The molecule has 0 bridgehead atoms. The van der Waals surface area contributed by atoms with E-state index < -0.39 is 5.91 Å². The predicted molar refractivity (Wildman–Crippen MR) is 43.2 cm³/mol. The number of hydrogen-bond acceptors (Lipinski definition) is 2. The van der Waals surface area contributed by atoms with Gasteiger partial charge in [0.25, 0.3) is 5.91 Å². The molecular weight excluding hydrogens is 154 g/mol. The fourth-order valence-corrected chi connectivity index (χ4v) is 1.83. The molecular formula is C9H11NO2. The number of carbonyl (C=O) groups excluding carboxylic acids is 2. The number of amides is 1. The van der Waals surface area contributed by atoms with Gasteiger partial charge in [-0.25, -0.2) is 0 Å². The van der Waals surface area contributed by atoms with Crippen molar-refractivity contribution in [3.05, 3.63) is 11.8 Å². The molecule has 1 atom stereocenters. The van der Waals surface area contributed by atoms with Crippen molar-refractivity contribution in [2.24, 2.45) is 5.92 Å². The van der Waals surface area contributed by atoms with Crippen LogP contribution in [0.2, 0.25) is 0 Å². The summed E-state index contributed by atoms with van der Waals surface area (Å²) in [6, 6.07) is 0. The van der Waals surface area contributed by atoms with Crippen LogP contribution in [0.1, 0.15) is 25.7 Å². The monoisotopic (exact) mass is 165 g/mol. The first kappa shape index (κ1) is 7.53. The van der Waals surface area contributed by atoms with Crippen LogP contribution in [0.3, 0.4) is 0 Å². The topological polar surface area (TPSA) is 46.2 Å². The van der Waals surface area contributed by atoms with Crippen LogP contribution in [0.15, 0.2) is 11.8 Å². The van der Waals surface area contributed by atoms with Gasteiger partial charge in [-0.15, -0.1) is 0 Å². The second-order valence-electron chi connectivity index (χ2n) is 3.37. The zero-order valence-electron chi connectivity index (χ0n) is 6.80. The summed E-state index contributed by atoms with van der Waals surface area (Å²) < 4.78 is 0. The average Bonchev–Trinajstić information content (AvgIpc) is 2.07. The van der Waals surface area contributed by atoms with E-state index in [0.717, 1.165) is 25.0 Å². The van der Waals surface area contributed by atoms with Gasteiger partial charge in [0.15, 0.2) is 0 Å². The number of ketones is 1. The molecule has 3 nitrogen and oxygen atoms in total. The molecule has 2 rings (SSSR count). The van der Waals surface area contributed by atoms with E-state index in [0.29, 0.717) is 12.3 Å². The lowest BCUT2D eigenvalue weighted by Crippen LogP contribution is -2.40. The van der Waals surface area contributed by atoms with E-state index in [1.165, 1.54) is 0 Å². The molecule has 1 saturated heterocycles. The minimum Gasteiger partial charge on any atom is -0.323 e. The maximum atomic E-state index is 11.0. The molecule has 0 aromatic rings. The second kappa shape index (κ2) is 2.73. The van der Waals surface area contributed by atoms with Crippen molar-refractivity contribution in [1.29, 1.82) is 0 Å². The van der Waals surface area contributed by atoms with E-state index in [4.69, 9.17) is 0 Å². The molecule has 1 unspecified atom stereocenters. The van der Waals surface area contributed by atoms with Gasteiger partial charge in [-0.05, 0) is 19.3 Å². The van der Waals surface area contributed by atoms with Crippen LogP contribution in [0, 0.1) is 5.92 Å². The number of carbonyl (C=O) groups is 2. The summed E-state index contributed by atoms with van der Waals surface area (Å²) >= 11 is 0. The van der Waals surface area contributed by atoms with Crippen LogP contribution in [0.25, 0.3) is 0 Å². The Morgan fingerprint density at radius 3 is 3.08 bits per heavy atom. The number of piperidine rings is 1. The van der Waals surface area contributed by atoms with Gasteiger partial charge in [0.1, 0.15) is 0 Å². The van der Waals surface area contributed by atoms with Crippen molar-refractivity contribution in [2.45, 2.75) is 25.7 Å². The Balaban J connectivity index is 2.20. The molecule has 0 spiro atoms. The summed E-state index contributed by atoms with van der Waals surface area (Å²) in [5.41, 5.74) is 0.978. The largest absolute Gasteiger partial charge is 0.323 e. The average molecular weight is 165 g/mol. The van der Waals surface area contributed by atoms with Gasteiger partial charge in [-0.1, -0.05) is 6.08 Å². The van der Waals surface area contributed by atoms with Crippen molar-refractivity contribution < 1.29 is 9.59 Å². The second-order valence-corrected chi connectivity index (χ2v) is 3.37. The van der Waals surface area contributed by atoms with Gasteiger partial charge < -0.3 is 5.32 Å². The van der Waals surface area contributed by atoms with Crippen LogP contribution < -0.4 is 5.32 Å².